The van der Waals surface area contributed by atoms with Crippen molar-refractivity contribution in [3.05, 3.63) is 72.9 Å². The molecule has 0 atom stereocenters. The highest BCUT2D eigenvalue weighted by Crippen LogP contribution is 2.24. The molecule has 2 aromatic heterocycles. The summed E-state index contributed by atoms with van der Waals surface area (Å²) in [5.74, 6) is 1.15. The van der Waals surface area contributed by atoms with Crippen LogP contribution in [0.15, 0.2) is 34.1 Å². The van der Waals surface area contributed by atoms with Crippen molar-refractivity contribution in [2.24, 2.45) is 0 Å². The molecule has 0 aliphatic carbocycles. The lowest BCUT2D eigenvalue weighted by Crippen LogP contribution is -2.47. The van der Waals surface area contributed by atoms with Gasteiger partial charge >= 0.3 is 0 Å². The predicted molar refractivity (Wildman–Crippen MR) is 110 cm³/mol. The van der Waals surface area contributed by atoms with Crippen molar-refractivity contribution >= 4 is 12.2 Å². The number of imidazole rings is 1. The summed E-state index contributed by atoms with van der Waals surface area (Å²) in [6, 6.07) is 5.20. The molecule has 2 heterocycles. The second-order valence-electron chi connectivity index (χ2n) is 7.60. The zero-order valence-corrected chi connectivity index (χ0v) is 17.1. The first-order chi connectivity index (χ1) is 13.7. The number of aromatic nitrogens is 4. The largest absolute Gasteiger partial charge is 0.497 e. The van der Waals surface area contributed by atoms with Crippen LogP contribution in [0.1, 0.15) is 37.7 Å². The maximum absolute atomic E-state index is 12.6. The van der Waals surface area contributed by atoms with Gasteiger partial charge < -0.3 is 19.4 Å². The minimum absolute atomic E-state index is 0.129. The molecule has 3 rings (SSSR count). The van der Waals surface area contributed by atoms with Crippen LogP contribution >= 0.6 is 0 Å². The van der Waals surface area contributed by atoms with E-state index >= 15 is 0 Å². The minimum atomic E-state index is -0.415. The van der Waals surface area contributed by atoms with Crippen LogP contribution in [-0.2, 0) is 5.41 Å². The molecule has 0 bridgehead atoms. The third-order valence-electron chi connectivity index (χ3n) is 4.48. The normalized spacial score (nSPS) is 13.0. The van der Waals surface area contributed by atoms with E-state index < -0.39 is 11.1 Å². The number of methoxy groups -OCH3 is 2. The Balaban J connectivity index is 2.13. The Morgan fingerprint density at radius 2 is 1.62 bits per heavy atom. The molecule has 0 saturated carbocycles. The quantitative estimate of drug-likeness (QED) is 0.583. The number of hydrogen-bond donors (Lipinski definition) is 3. The molecule has 3 aromatic rings. The van der Waals surface area contributed by atoms with Crippen LogP contribution in [0.4, 0.5) is 0 Å². The molecule has 4 N–H and O–H groups in total. The Bertz CT molecular complexity index is 1260. The summed E-state index contributed by atoms with van der Waals surface area (Å²) in [5.41, 5.74) is 1.32. The third kappa shape index (κ3) is 4.31. The van der Waals surface area contributed by atoms with Gasteiger partial charge in [0, 0.05) is 23.1 Å². The Labute approximate surface area is 167 Å². The standard InChI is InChI=1S/C21H24N4O4/c1-21(2,3)18-14(22-11-23-18)10-16-20(27)24-15(19(26)25-16)8-12-6-7-13(28-4)9-17(12)29-5/h6-11H,1-5H3,(H,22,23)(H,24,27)(H,25,26)/p+1/b15-8-,16-10-. The van der Waals surface area contributed by atoms with Gasteiger partial charge in [0.2, 0.25) is 6.33 Å². The number of H-pyrrole nitrogens is 4. The fourth-order valence-corrected chi connectivity index (χ4v) is 3.00. The number of benzene rings is 1. The van der Waals surface area contributed by atoms with Crippen LogP contribution < -0.4 is 36.3 Å². The first-order valence-corrected chi connectivity index (χ1v) is 9.10. The Kier molecular flexibility index (Phi) is 5.45. The van der Waals surface area contributed by atoms with Crippen molar-refractivity contribution in [3.63, 3.8) is 0 Å². The zero-order chi connectivity index (χ0) is 21.2. The number of ether oxygens (including phenoxy) is 2. The summed E-state index contributed by atoms with van der Waals surface area (Å²) in [4.78, 5) is 36.7. The number of rotatable bonds is 4. The van der Waals surface area contributed by atoms with Gasteiger partial charge in [-0.15, -0.1) is 0 Å². The van der Waals surface area contributed by atoms with Crippen molar-refractivity contribution < 1.29 is 14.5 Å². The number of hydrogen-bond acceptors (Lipinski definition) is 4. The van der Waals surface area contributed by atoms with Gasteiger partial charge in [0.15, 0.2) is 11.4 Å². The molecule has 29 heavy (non-hydrogen) atoms. The number of aromatic amines is 4. The maximum Gasteiger partial charge on any atom is 0.272 e. The molecular formula is C21H25N4O4+. The van der Waals surface area contributed by atoms with E-state index in [1.54, 1.807) is 43.8 Å². The molecule has 0 unspecified atom stereocenters. The van der Waals surface area contributed by atoms with E-state index in [1.807, 2.05) is 0 Å². The lowest BCUT2D eigenvalue weighted by atomic mass is 9.90. The van der Waals surface area contributed by atoms with Gasteiger partial charge in [0.05, 0.1) is 14.2 Å². The number of nitrogens with one attached hydrogen (secondary N) is 4. The van der Waals surface area contributed by atoms with Gasteiger partial charge in [-0.05, 0) is 18.2 Å². The van der Waals surface area contributed by atoms with Gasteiger partial charge in [-0.2, -0.15) is 0 Å². The summed E-state index contributed by atoms with van der Waals surface area (Å²) >= 11 is 0. The molecule has 8 nitrogen and oxygen atoms in total. The summed E-state index contributed by atoms with van der Waals surface area (Å²) in [6.45, 7) is 6.16. The van der Waals surface area contributed by atoms with E-state index in [-0.39, 0.29) is 16.1 Å². The van der Waals surface area contributed by atoms with Crippen molar-refractivity contribution in [2.45, 2.75) is 26.2 Å². The third-order valence-corrected chi connectivity index (χ3v) is 4.48. The summed E-state index contributed by atoms with van der Waals surface area (Å²) < 4.78 is 10.5. The van der Waals surface area contributed by atoms with Crippen LogP contribution in [0.3, 0.4) is 0 Å². The SMILES string of the molecule is COc1ccc(/C=c2\[nH]c(=O)/c(=C/c3[nH+]c[nH]c3C(C)(C)C)[nH]c2=O)c(OC)c1. The molecular weight excluding hydrogens is 372 g/mol. The van der Waals surface area contributed by atoms with Crippen molar-refractivity contribution in [1.29, 1.82) is 0 Å². The second kappa shape index (κ2) is 7.83. The van der Waals surface area contributed by atoms with E-state index in [0.717, 1.165) is 11.4 Å². The van der Waals surface area contributed by atoms with E-state index in [0.29, 0.717) is 17.1 Å². The van der Waals surface area contributed by atoms with Crippen molar-refractivity contribution in [3.8, 4) is 11.5 Å². The van der Waals surface area contributed by atoms with E-state index in [2.05, 4.69) is 40.7 Å². The fraction of sp³-hybridized carbons (Fsp3) is 0.286. The molecule has 0 aliphatic rings. The van der Waals surface area contributed by atoms with Crippen molar-refractivity contribution in [2.75, 3.05) is 14.2 Å². The molecule has 8 heteroatoms. The first-order valence-electron chi connectivity index (χ1n) is 9.10. The molecule has 0 radical (unpaired) electrons. The lowest BCUT2D eigenvalue weighted by Gasteiger charge is -2.12. The Morgan fingerprint density at radius 1 is 0.966 bits per heavy atom. The smallest absolute Gasteiger partial charge is 0.272 e. The Hall–Kier alpha value is -3.55. The van der Waals surface area contributed by atoms with E-state index in [1.165, 1.54) is 7.11 Å². The average Bonchev–Trinajstić information content (AvgIpc) is 3.14. The minimum Gasteiger partial charge on any atom is -0.497 e. The van der Waals surface area contributed by atoms with Gasteiger partial charge in [-0.1, -0.05) is 20.8 Å². The maximum atomic E-state index is 12.6. The highest BCUT2D eigenvalue weighted by molar-refractivity contribution is 5.58. The van der Waals surface area contributed by atoms with Gasteiger partial charge in [0.25, 0.3) is 11.1 Å². The second-order valence-corrected chi connectivity index (χ2v) is 7.60. The highest BCUT2D eigenvalue weighted by Gasteiger charge is 2.24. The molecule has 0 fully saturated rings. The van der Waals surface area contributed by atoms with Gasteiger partial charge in [0.1, 0.15) is 22.2 Å². The highest BCUT2D eigenvalue weighted by atomic mass is 16.5. The van der Waals surface area contributed by atoms with Gasteiger partial charge in [-0.3, -0.25) is 9.59 Å². The van der Waals surface area contributed by atoms with Crippen LogP contribution in [0.25, 0.3) is 12.2 Å². The zero-order valence-electron chi connectivity index (χ0n) is 17.1. The van der Waals surface area contributed by atoms with Crippen molar-refractivity contribution in [1.82, 2.24) is 15.0 Å². The van der Waals surface area contributed by atoms with Crippen LogP contribution in [0.5, 0.6) is 11.5 Å². The van der Waals surface area contributed by atoms with E-state index in [9.17, 15) is 9.59 Å². The fourth-order valence-electron chi connectivity index (χ4n) is 3.00. The van der Waals surface area contributed by atoms with Crippen LogP contribution in [0, 0.1) is 0 Å². The molecule has 0 spiro atoms. The molecule has 0 amide bonds. The summed E-state index contributed by atoms with van der Waals surface area (Å²) in [7, 11) is 3.08. The lowest BCUT2D eigenvalue weighted by molar-refractivity contribution is -0.379. The van der Waals surface area contributed by atoms with E-state index in [4.69, 9.17) is 9.47 Å². The average molecular weight is 397 g/mol. The molecule has 0 saturated heterocycles. The summed E-state index contributed by atoms with van der Waals surface area (Å²) in [6.07, 6.45) is 4.87. The molecule has 152 valence electrons. The molecule has 1 aromatic carbocycles. The van der Waals surface area contributed by atoms with Crippen LogP contribution in [0.2, 0.25) is 0 Å². The topological polar surface area (TPSA) is 114 Å². The predicted octanol–water partition coefficient (Wildman–Crippen LogP) is 0.178. The first kappa shape index (κ1) is 20.2. The molecule has 0 aliphatic heterocycles. The Morgan fingerprint density at radius 3 is 2.21 bits per heavy atom. The van der Waals surface area contributed by atoms with Crippen LogP contribution in [-0.4, -0.2) is 29.2 Å². The summed E-state index contributed by atoms with van der Waals surface area (Å²) in [5, 5.41) is 0.292. The van der Waals surface area contributed by atoms with Gasteiger partial charge in [-0.25, -0.2) is 9.97 Å². The monoisotopic (exact) mass is 397 g/mol.